The maximum Gasteiger partial charge on any atom is 0.408 e. The summed E-state index contributed by atoms with van der Waals surface area (Å²) in [5, 5.41) is 2.39. The number of hydrogen-bond acceptors (Lipinski definition) is 3. The second-order valence-corrected chi connectivity index (χ2v) is 1.70. The average molecular weight is 159 g/mol. The molecule has 0 heterocycles. The Hall–Kier alpha value is -1.03. The molecule has 0 aliphatic carbocycles. The van der Waals surface area contributed by atoms with Crippen molar-refractivity contribution in [3.63, 3.8) is 0 Å². The molecule has 0 spiro atoms. The smallest absolute Gasteiger partial charge is 0.408 e. The second kappa shape index (κ2) is 7.08. The van der Waals surface area contributed by atoms with Gasteiger partial charge in [0, 0.05) is 0 Å². The molecule has 11 heavy (non-hydrogen) atoms. The molecule has 0 aliphatic rings. The van der Waals surface area contributed by atoms with Gasteiger partial charge >= 0.3 is 6.09 Å². The van der Waals surface area contributed by atoms with Crippen molar-refractivity contribution >= 4 is 6.09 Å². The van der Waals surface area contributed by atoms with Gasteiger partial charge in [0.25, 0.3) is 0 Å². The summed E-state index contributed by atoms with van der Waals surface area (Å²) in [6.45, 7) is 6.13. The first-order valence-corrected chi connectivity index (χ1v) is 3.40. The van der Waals surface area contributed by atoms with Gasteiger partial charge in [-0.3, -0.25) is 5.32 Å². The van der Waals surface area contributed by atoms with Gasteiger partial charge in [0.2, 0.25) is 0 Å². The van der Waals surface area contributed by atoms with Crippen molar-refractivity contribution in [2.24, 2.45) is 0 Å². The molecule has 0 radical (unpaired) electrons. The van der Waals surface area contributed by atoms with Gasteiger partial charge in [-0.1, -0.05) is 6.08 Å². The number of hydrogen-bond donors (Lipinski definition) is 1. The summed E-state index contributed by atoms with van der Waals surface area (Å²) in [5.74, 6) is 0. The maximum absolute atomic E-state index is 10.6. The molecule has 1 amide bonds. The molecule has 0 aliphatic heterocycles. The Bertz CT molecular complexity index is 125. The van der Waals surface area contributed by atoms with Crippen molar-refractivity contribution in [3.05, 3.63) is 12.7 Å². The number of amides is 1. The van der Waals surface area contributed by atoms with Gasteiger partial charge in [0.05, 0.1) is 13.2 Å². The molecule has 0 aromatic heterocycles. The van der Waals surface area contributed by atoms with Crippen molar-refractivity contribution in [1.82, 2.24) is 5.32 Å². The van der Waals surface area contributed by atoms with Crippen LogP contribution in [0.1, 0.15) is 6.92 Å². The quantitative estimate of drug-likeness (QED) is 0.368. The fourth-order valence-electron chi connectivity index (χ4n) is 0.434. The minimum absolute atomic E-state index is 0.158. The fourth-order valence-corrected chi connectivity index (χ4v) is 0.434. The van der Waals surface area contributed by atoms with Crippen molar-refractivity contribution in [2.75, 3.05) is 19.9 Å². The first-order valence-electron chi connectivity index (χ1n) is 3.40. The third-order valence-electron chi connectivity index (χ3n) is 0.830. The fraction of sp³-hybridized carbons (Fsp3) is 0.571. The zero-order chi connectivity index (χ0) is 8.53. The third kappa shape index (κ3) is 6.86. The Kier molecular flexibility index (Phi) is 6.42. The Balaban J connectivity index is 3.10. The Morgan fingerprint density at radius 3 is 3.00 bits per heavy atom. The van der Waals surface area contributed by atoms with E-state index in [9.17, 15) is 4.79 Å². The minimum Gasteiger partial charge on any atom is -0.450 e. The molecular formula is C7H13NO3. The highest BCUT2D eigenvalue weighted by atomic mass is 16.6. The molecule has 64 valence electrons. The zero-order valence-corrected chi connectivity index (χ0v) is 6.63. The van der Waals surface area contributed by atoms with E-state index < -0.39 is 6.09 Å². The molecule has 0 aromatic rings. The molecular weight excluding hydrogens is 146 g/mol. The first kappa shape index (κ1) is 9.97. The number of carbonyl (C=O) groups is 1. The minimum atomic E-state index is -0.462. The summed E-state index contributed by atoms with van der Waals surface area (Å²) < 4.78 is 9.44. The van der Waals surface area contributed by atoms with Crippen LogP contribution in [0.5, 0.6) is 0 Å². The highest BCUT2D eigenvalue weighted by Crippen LogP contribution is 1.76. The van der Waals surface area contributed by atoms with E-state index in [-0.39, 0.29) is 6.73 Å². The van der Waals surface area contributed by atoms with Gasteiger partial charge in [-0.2, -0.15) is 0 Å². The van der Waals surface area contributed by atoms with Crippen LogP contribution >= 0.6 is 0 Å². The van der Waals surface area contributed by atoms with Crippen LogP contribution in [0, 0.1) is 0 Å². The molecule has 4 nitrogen and oxygen atoms in total. The Morgan fingerprint density at radius 1 is 1.73 bits per heavy atom. The van der Waals surface area contributed by atoms with Crippen molar-refractivity contribution in [2.45, 2.75) is 6.92 Å². The monoisotopic (exact) mass is 159 g/mol. The van der Waals surface area contributed by atoms with Crippen LogP contribution in [0.2, 0.25) is 0 Å². The summed E-state index contributed by atoms with van der Waals surface area (Å²) in [6.07, 6.45) is 1.14. The van der Waals surface area contributed by atoms with Crippen LogP contribution in [0.25, 0.3) is 0 Å². The Labute approximate surface area is 66.2 Å². The normalized spacial score (nSPS) is 8.82. The van der Waals surface area contributed by atoms with Crippen LogP contribution in [-0.2, 0) is 9.47 Å². The van der Waals surface area contributed by atoms with Gasteiger partial charge in [-0.05, 0) is 6.92 Å². The summed E-state index contributed by atoms with van der Waals surface area (Å²) >= 11 is 0. The van der Waals surface area contributed by atoms with Crippen LogP contribution in [-0.4, -0.2) is 26.0 Å². The van der Waals surface area contributed by atoms with E-state index in [0.29, 0.717) is 13.2 Å². The largest absolute Gasteiger partial charge is 0.450 e. The van der Waals surface area contributed by atoms with Crippen molar-refractivity contribution in [1.29, 1.82) is 0 Å². The highest BCUT2D eigenvalue weighted by molar-refractivity contribution is 5.66. The van der Waals surface area contributed by atoms with E-state index >= 15 is 0 Å². The van der Waals surface area contributed by atoms with Gasteiger partial charge in [-0.15, -0.1) is 6.58 Å². The van der Waals surface area contributed by atoms with E-state index in [1.807, 2.05) is 0 Å². The molecule has 0 rings (SSSR count). The van der Waals surface area contributed by atoms with E-state index in [1.54, 1.807) is 13.0 Å². The van der Waals surface area contributed by atoms with Crippen molar-refractivity contribution in [3.8, 4) is 0 Å². The summed E-state index contributed by atoms with van der Waals surface area (Å²) in [7, 11) is 0. The van der Waals surface area contributed by atoms with Crippen LogP contribution in [0.3, 0.4) is 0 Å². The van der Waals surface area contributed by atoms with Crippen LogP contribution in [0.15, 0.2) is 12.7 Å². The number of ether oxygens (including phenoxy) is 2. The van der Waals surface area contributed by atoms with Crippen LogP contribution in [0.4, 0.5) is 4.79 Å². The topological polar surface area (TPSA) is 47.6 Å². The Morgan fingerprint density at radius 2 is 2.45 bits per heavy atom. The third-order valence-corrected chi connectivity index (χ3v) is 0.830. The highest BCUT2D eigenvalue weighted by Gasteiger charge is 1.96. The average Bonchev–Trinajstić information content (AvgIpc) is 1.99. The number of alkyl carbamates (subject to hydrolysis) is 1. The molecule has 0 unspecified atom stereocenters. The lowest BCUT2D eigenvalue weighted by atomic mass is 10.7. The number of rotatable bonds is 5. The predicted molar refractivity (Wildman–Crippen MR) is 41.2 cm³/mol. The predicted octanol–water partition coefficient (Wildman–Crippen LogP) is 0.893. The first-order chi connectivity index (χ1) is 5.31. The molecule has 4 heteroatoms. The van der Waals surface area contributed by atoms with Gasteiger partial charge in [0.15, 0.2) is 0 Å². The lowest BCUT2D eigenvalue weighted by Gasteiger charge is -2.03. The molecule has 0 atom stereocenters. The molecule has 0 saturated carbocycles. The summed E-state index contributed by atoms with van der Waals surface area (Å²) in [6, 6.07) is 0. The lowest BCUT2D eigenvalue weighted by molar-refractivity contribution is 0.111. The summed E-state index contributed by atoms with van der Waals surface area (Å²) in [5.41, 5.74) is 0. The van der Waals surface area contributed by atoms with Gasteiger partial charge in [0.1, 0.15) is 6.73 Å². The molecule has 0 saturated heterocycles. The standard InChI is InChI=1S/C7H13NO3/c1-3-5-10-6-8-7(9)11-4-2/h3H,1,4-6H2,2H3,(H,8,9). The van der Waals surface area contributed by atoms with E-state index in [4.69, 9.17) is 4.74 Å². The summed E-state index contributed by atoms with van der Waals surface area (Å²) in [4.78, 5) is 10.6. The van der Waals surface area contributed by atoms with Crippen molar-refractivity contribution < 1.29 is 14.3 Å². The number of nitrogens with one attached hydrogen (secondary N) is 1. The number of carbonyl (C=O) groups excluding carboxylic acids is 1. The van der Waals surface area contributed by atoms with Gasteiger partial charge in [-0.25, -0.2) is 4.79 Å². The van der Waals surface area contributed by atoms with Crippen LogP contribution < -0.4 is 5.32 Å². The maximum atomic E-state index is 10.6. The molecule has 0 fully saturated rings. The molecule has 0 bridgehead atoms. The van der Waals surface area contributed by atoms with E-state index in [2.05, 4.69) is 16.6 Å². The zero-order valence-electron chi connectivity index (χ0n) is 6.63. The van der Waals surface area contributed by atoms with Gasteiger partial charge < -0.3 is 9.47 Å². The lowest BCUT2D eigenvalue weighted by Crippen LogP contribution is -2.26. The van der Waals surface area contributed by atoms with E-state index in [0.717, 1.165) is 0 Å². The second-order valence-electron chi connectivity index (χ2n) is 1.70. The van der Waals surface area contributed by atoms with E-state index in [1.165, 1.54) is 0 Å². The SMILES string of the molecule is C=CCOCNC(=O)OCC. The molecule has 1 N–H and O–H groups in total. The molecule has 0 aromatic carbocycles.